The number of unbranched alkanes of at least 4 members (excludes halogenated alkanes) is 4. The van der Waals surface area contributed by atoms with Crippen LogP contribution in [-0.4, -0.2) is 24.3 Å². The van der Waals surface area contributed by atoms with Crippen LogP contribution in [0, 0.1) is 0 Å². The van der Waals surface area contributed by atoms with Crippen molar-refractivity contribution in [1.29, 1.82) is 0 Å². The van der Waals surface area contributed by atoms with Crippen molar-refractivity contribution in [2.75, 3.05) is 6.61 Å². The first-order valence-electron chi connectivity index (χ1n) is 6.78. The number of aliphatic hydroxyl groups excluding tert-OH is 1. The summed E-state index contributed by atoms with van der Waals surface area (Å²) >= 11 is 0. The monoisotopic (exact) mass is 230 g/mol. The van der Waals surface area contributed by atoms with E-state index in [0.717, 1.165) is 38.7 Å². The molecule has 0 aromatic heterocycles. The van der Waals surface area contributed by atoms with Gasteiger partial charge in [-0.25, -0.2) is 0 Å². The zero-order chi connectivity index (χ0) is 11.6. The minimum absolute atomic E-state index is 0.167. The topological polar surface area (TPSA) is 38.7 Å². The maximum absolute atomic E-state index is 9.66. The van der Waals surface area contributed by atoms with Crippen LogP contribution in [0.2, 0.25) is 0 Å². The summed E-state index contributed by atoms with van der Waals surface area (Å²) in [7, 11) is 0. The van der Waals surface area contributed by atoms with E-state index in [0.29, 0.717) is 0 Å². The largest absolute Gasteiger partial charge is 0.368 e. The highest BCUT2D eigenvalue weighted by Crippen LogP contribution is 2.17. The normalized spacial score (nSPS) is 23.2. The van der Waals surface area contributed by atoms with Gasteiger partial charge in [0.15, 0.2) is 12.6 Å². The molecule has 1 aliphatic rings. The molecule has 0 radical (unpaired) electrons. The van der Waals surface area contributed by atoms with Crippen LogP contribution in [-0.2, 0) is 9.47 Å². The van der Waals surface area contributed by atoms with Crippen LogP contribution in [0.3, 0.4) is 0 Å². The van der Waals surface area contributed by atoms with E-state index >= 15 is 0 Å². The van der Waals surface area contributed by atoms with Crippen LogP contribution >= 0.6 is 0 Å². The summed E-state index contributed by atoms with van der Waals surface area (Å²) in [6.07, 6.45) is 9.19. The Labute approximate surface area is 99.1 Å². The van der Waals surface area contributed by atoms with Gasteiger partial charge in [0.1, 0.15) is 0 Å². The molecule has 16 heavy (non-hydrogen) atoms. The predicted octanol–water partition coefficient (Wildman–Crippen LogP) is 3.21. The molecule has 1 rings (SSSR count). The van der Waals surface area contributed by atoms with Crippen molar-refractivity contribution < 1.29 is 14.6 Å². The lowest BCUT2D eigenvalue weighted by Gasteiger charge is -2.25. The maximum atomic E-state index is 9.66. The molecule has 1 aliphatic heterocycles. The Morgan fingerprint density at radius 2 is 2.06 bits per heavy atom. The fourth-order valence-corrected chi connectivity index (χ4v) is 1.98. The third-order valence-corrected chi connectivity index (χ3v) is 3.00. The predicted molar refractivity (Wildman–Crippen MR) is 64.1 cm³/mol. The van der Waals surface area contributed by atoms with Gasteiger partial charge in [-0.1, -0.05) is 32.6 Å². The molecule has 0 bridgehead atoms. The smallest absolute Gasteiger partial charge is 0.160 e. The number of hydrogen-bond donors (Lipinski definition) is 1. The van der Waals surface area contributed by atoms with Crippen LogP contribution < -0.4 is 0 Å². The van der Waals surface area contributed by atoms with Crippen molar-refractivity contribution in [3.05, 3.63) is 0 Å². The first-order chi connectivity index (χ1) is 7.83. The summed E-state index contributed by atoms with van der Waals surface area (Å²) in [5, 5.41) is 9.66. The van der Waals surface area contributed by atoms with E-state index in [-0.39, 0.29) is 6.29 Å². The van der Waals surface area contributed by atoms with E-state index in [4.69, 9.17) is 9.47 Å². The molecular weight excluding hydrogens is 204 g/mol. The molecule has 0 amide bonds. The molecule has 1 N–H and O–H groups in total. The molecule has 0 aromatic rings. The third kappa shape index (κ3) is 6.46. The third-order valence-electron chi connectivity index (χ3n) is 3.00. The fraction of sp³-hybridized carbons (Fsp3) is 1.00. The van der Waals surface area contributed by atoms with Crippen molar-refractivity contribution in [3.63, 3.8) is 0 Å². The van der Waals surface area contributed by atoms with Crippen LogP contribution in [0.15, 0.2) is 0 Å². The van der Waals surface area contributed by atoms with Crippen molar-refractivity contribution in [2.24, 2.45) is 0 Å². The van der Waals surface area contributed by atoms with Crippen molar-refractivity contribution in [3.8, 4) is 0 Å². The molecular formula is C13H26O3. The van der Waals surface area contributed by atoms with Gasteiger partial charge in [0.2, 0.25) is 0 Å². The molecule has 0 aromatic carbocycles. The second-order valence-corrected chi connectivity index (χ2v) is 4.59. The number of aliphatic hydroxyl groups is 1. The lowest BCUT2D eigenvalue weighted by molar-refractivity contribution is -0.241. The fourth-order valence-electron chi connectivity index (χ4n) is 1.98. The molecule has 1 saturated heterocycles. The summed E-state index contributed by atoms with van der Waals surface area (Å²) in [4.78, 5) is 0. The molecule has 0 aliphatic carbocycles. The van der Waals surface area contributed by atoms with Crippen molar-refractivity contribution in [2.45, 2.75) is 77.3 Å². The number of ether oxygens (including phenoxy) is 2. The van der Waals surface area contributed by atoms with Gasteiger partial charge in [0, 0.05) is 6.61 Å². The van der Waals surface area contributed by atoms with Gasteiger partial charge >= 0.3 is 0 Å². The molecule has 2 unspecified atom stereocenters. The Bertz CT molecular complexity index is 155. The lowest BCUT2D eigenvalue weighted by atomic mass is 10.1. The van der Waals surface area contributed by atoms with Crippen LogP contribution in [0.5, 0.6) is 0 Å². The average molecular weight is 230 g/mol. The summed E-state index contributed by atoms with van der Waals surface area (Å²) < 4.78 is 10.8. The summed E-state index contributed by atoms with van der Waals surface area (Å²) in [6, 6.07) is 0. The van der Waals surface area contributed by atoms with E-state index in [1.807, 2.05) is 0 Å². The van der Waals surface area contributed by atoms with Crippen LogP contribution in [0.4, 0.5) is 0 Å². The Hall–Kier alpha value is -0.120. The molecule has 1 heterocycles. The van der Waals surface area contributed by atoms with Crippen LogP contribution in [0.25, 0.3) is 0 Å². The second-order valence-electron chi connectivity index (χ2n) is 4.59. The Morgan fingerprint density at radius 3 is 2.75 bits per heavy atom. The van der Waals surface area contributed by atoms with E-state index in [1.165, 1.54) is 25.7 Å². The maximum Gasteiger partial charge on any atom is 0.160 e. The van der Waals surface area contributed by atoms with Gasteiger partial charge < -0.3 is 14.6 Å². The average Bonchev–Trinajstić information content (AvgIpc) is 2.30. The Balaban J connectivity index is 1.95. The molecule has 3 nitrogen and oxygen atoms in total. The van der Waals surface area contributed by atoms with E-state index < -0.39 is 6.29 Å². The van der Waals surface area contributed by atoms with Crippen LogP contribution in [0.1, 0.15) is 64.7 Å². The molecule has 0 saturated carbocycles. The van der Waals surface area contributed by atoms with Crippen molar-refractivity contribution in [1.82, 2.24) is 0 Å². The first kappa shape index (κ1) is 13.9. The highest BCUT2D eigenvalue weighted by molar-refractivity contribution is 4.55. The highest BCUT2D eigenvalue weighted by Gasteiger charge is 2.17. The van der Waals surface area contributed by atoms with Gasteiger partial charge in [-0.15, -0.1) is 0 Å². The molecule has 2 atom stereocenters. The quantitative estimate of drug-likeness (QED) is 0.514. The lowest BCUT2D eigenvalue weighted by Crippen LogP contribution is -2.27. The van der Waals surface area contributed by atoms with Gasteiger partial charge in [0.05, 0.1) is 0 Å². The standard InChI is InChI=1S/C13H26O3/c1-2-3-4-5-6-9-12(14)16-13-10-7-8-11-15-13/h12-14H,2-11H2,1H3. The van der Waals surface area contributed by atoms with E-state index in [1.54, 1.807) is 0 Å². The summed E-state index contributed by atoms with van der Waals surface area (Å²) in [5.74, 6) is 0. The first-order valence-corrected chi connectivity index (χ1v) is 6.78. The minimum atomic E-state index is -0.635. The second kappa shape index (κ2) is 8.97. The highest BCUT2D eigenvalue weighted by atomic mass is 16.7. The van der Waals surface area contributed by atoms with Gasteiger partial charge in [-0.05, 0) is 32.1 Å². The number of hydrogen-bond acceptors (Lipinski definition) is 3. The zero-order valence-electron chi connectivity index (χ0n) is 10.5. The molecule has 3 heteroatoms. The van der Waals surface area contributed by atoms with Gasteiger partial charge in [-0.3, -0.25) is 0 Å². The summed E-state index contributed by atoms with van der Waals surface area (Å²) in [6.45, 7) is 2.98. The minimum Gasteiger partial charge on any atom is -0.368 e. The van der Waals surface area contributed by atoms with Gasteiger partial charge in [-0.2, -0.15) is 0 Å². The Morgan fingerprint density at radius 1 is 1.25 bits per heavy atom. The zero-order valence-corrected chi connectivity index (χ0v) is 10.5. The molecule has 96 valence electrons. The van der Waals surface area contributed by atoms with Gasteiger partial charge in [0.25, 0.3) is 0 Å². The summed E-state index contributed by atoms with van der Waals surface area (Å²) in [5.41, 5.74) is 0. The SMILES string of the molecule is CCCCCCCC(O)OC1CCCCO1. The van der Waals surface area contributed by atoms with E-state index in [9.17, 15) is 5.11 Å². The molecule has 1 fully saturated rings. The van der Waals surface area contributed by atoms with E-state index in [2.05, 4.69) is 6.92 Å². The molecule has 0 spiro atoms. The van der Waals surface area contributed by atoms with Crippen molar-refractivity contribution >= 4 is 0 Å². The number of rotatable bonds is 8. The Kier molecular flexibility index (Phi) is 7.81.